The van der Waals surface area contributed by atoms with Crippen molar-refractivity contribution in [3.63, 3.8) is 0 Å². The van der Waals surface area contributed by atoms with Gasteiger partial charge in [-0.15, -0.1) is 0 Å². The maximum absolute atomic E-state index is 6.27. The lowest BCUT2D eigenvalue weighted by Crippen LogP contribution is -2.19. The van der Waals surface area contributed by atoms with Gasteiger partial charge in [0.15, 0.2) is 0 Å². The highest BCUT2D eigenvalue weighted by Gasteiger charge is 2.12. The van der Waals surface area contributed by atoms with Gasteiger partial charge in [0.1, 0.15) is 0 Å². The maximum atomic E-state index is 6.27. The van der Waals surface area contributed by atoms with E-state index in [4.69, 9.17) is 28.9 Å². The molecule has 0 aromatic heterocycles. The minimum absolute atomic E-state index is 0.354. The Balaban J connectivity index is 2.09. The summed E-state index contributed by atoms with van der Waals surface area (Å²) in [7, 11) is 0. The average molecular weight is 373 g/mol. The first-order valence-electron chi connectivity index (χ1n) is 6.47. The largest absolute Gasteiger partial charge is 0.330 e. The van der Waals surface area contributed by atoms with Crippen molar-refractivity contribution in [3.8, 4) is 0 Å². The monoisotopic (exact) mass is 371 g/mol. The van der Waals surface area contributed by atoms with Crippen molar-refractivity contribution in [1.82, 2.24) is 0 Å². The molecule has 2 rings (SSSR count). The van der Waals surface area contributed by atoms with E-state index in [2.05, 4.69) is 22.0 Å². The van der Waals surface area contributed by atoms with E-state index >= 15 is 0 Å². The molecule has 2 aromatic rings. The van der Waals surface area contributed by atoms with Gasteiger partial charge in [-0.1, -0.05) is 57.3 Å². The zero-order valence-corrected chi connectivity index (χ0v) is 14.0. The van der Waals surface area contributed by atoms with E-state index in [0.29, 0.717) is 12.5 Å². The van der Waals surface area contributed by atoms with Crippen molar-refractivity contribution in [2.75, 3.05) is 6.54 Å². The first-order valence-corrected chi connectivity index (χ1v) is 8.02. The summed E-state index contributed by atoms with van der Waals surface area (Å²) in [5.41, 5.74) is 8.24. The Morgan fingerprint density at radius 1 is 1.05 bits per heavy atom. The predicted molar refractivity (Wildman–Crippen MR) is 90.6 cm³/mol. The molecule has 0 bridgehead atoms. The van der Waals surface area contributed by atoms with Crippen LogP contribution >= 0.6 is 39.1 Å². The smallest absolute Gasteiger partial charge is 0.0449 e. The van der Waals surface area contributed by atoms with Crippen LogP contribution in [0.5, 0.6) is 0 Å². The summed E-state index contributed by atoms with van der Waals surface area (Å²) in [5.74, 6) is 0.354. The molecule has 0 spiro atoms. The summed E-state index contributed by atoms with van der Waals surface area (Å²) in [5, 5.41) is 1.55. The molecule has 0 heterocycles. The molecule has 0 fully saturated rings. The van der Waals surface area contributed by atoms with Crippen LogP contribution in [0.3, 0.4) is 0 Å². The van der Waals surface area contributed by atoms with E-state index < -0.39 is 0 Å². The van der Waals surface area contributed by atoms with Gasteiger partial charge in [-0.3, -0.25) is 0 Å². The summed E-state index contributed by atoms with van der Waals surface area (Å²) < 4.78 is 0.991. The van der Waals surface area contributed by atoms with E-state index in [1.165, 1.54) is 5.56 Å². The molecule has 1 unspecified atom stereocenters. The lowest BCUT2D eigenvalue weighted by atomic mass is 9.92. The molecule has 1 nitrogen and oxygen atoms in total. The van der Waals surface area contributed by atoms with Crippen molar-refractivity contribution in [2.45, 2.75) is 12.8 Å². The van der Waals surface area contributed by atoms with Crippen LogP contribution in [0.15, 0.2) is 46.9 Å². The molecule has 0 aliphatic carbocycles. The third-order valence-electron chi connectivity index (χ3n) is 3.27. The van der Waals surface area contributed by atoms with Crippen LogP contribution in [-0.2, 0) is 12.8 Å². The van der Waals surface area contributed by atoms with Crippen LogP contribution in [0.4, 0.5) is 0 Å². The van der Waals surface area contributed by atoms with Gasteiger partial charge in [0, 0.05) is 14.5 Å². The number of hydrogen-bond donors (Lipinski definition) is 1. The summed E-state index contributed by atoms with van der Waals surface area (Å²) >= 11 is 15.7. The standard InChI is InChI=1S/C16H16BrCl2N/c17-14-5-4-13(16(19)9-14)7-12(10-20)6-11-2-1-3-15(18)8-11/h1-5,8-9,12H,6-7,10,20H2. The molecule has 0 saturated heterocycles. The van der Waals surface area contributed by atoms with E-state index in [-0.39, 0.29) is 0 Å². The lowest BCUT2D eigenvalue weighted by molar-refractivity contribution is 0.533. The molecule has 2 N–H and O–H groups in total. The molecule has 2 aromatic carbocycles. The van der Waals surface area contributed by atoms with Crippen LogP contribution in [-0.4, -0.2) is 6.54 Å². The maximum Gasteiger partial charge on any atom is 0.0449 e. The van der Waals surface area contributed by atoms with Crippen LogP contribution in [0.1, 0.15) is 11.1 Å². The summed E-state index contributed by atoms with van der Waals surface area (Å²) in [6.07, 6.45) is 1.78. The van der Waals surface area contributed by atoms with Crippen molar-refractivity contribution in [2.24, 2.45) is 11.7 Å². The predicted octanol–water partition coefficient (Wildman–Crippen LogP) is 5.12. The molecule has 20 heavy (non-hydrogen) atoms. The highest BCUT2D eigenvalue weighted by molar-refractivity contribution is 9.10. The Morgan fingerprint density at radius 3 is 2.50 bits per heavy atom. The normalized spacial score (nSPS) is 12.4. The van der Waals surface area contributed by atoms with E-state index in [1.54, 1.807) is 0 Å². The number of rotatable bonds is 5. The summed E-state index contributed by atoms with van der Waals surface area (Å²) in [6.45, 7) is 0.624. The minimum Gasteiger partial charge on any atom is -0.330 e. The zero-order chi connectivity index (χ0) is 14.5. The third-order valence-corrected chi connectivity index (χ3v) is 4.35. The van der Waals surface area contributed by atoms with E-state index in [9.17, 15) is 0 Å². The Kier molecular flexibility index (Phi) is 5.91. The van der Waals surface area contributed by atoms with Crippen LogP contribution in [0.25, 0.3) is 0 Å². The van der Waals surface area contributed by atoms with Gasteiger partial charge in [-0.05, 0) is 60.7 Å². The molecule has 0 radical (unpaired) electrons. The fraction of sp³-hybridized carbons (Fsp3) is 0.250. The first-order chi connectivity index (χ1) is 9.58. The number of nitrogens with two attached hydrogens (primary N) is 1. The molecule has 0 saturated carbocycles. The fourth-order valence-corrected chi connectivity index (χ4v) is 3.20. The molecule has 0 aliphatic heterocycles. The topological polar surface area (TPSA) is 26.0 Å². The number of hydrogen-bond acceptors (Lipinski definition) is 1. The van der Waals surface area contributed by atoms with Crippen LogP contribution < -0.4 is 5.73 Å². The van der Waals surface area contributed by atoms with E-state index in [1.807, 2.05) is 36.4 Å². The van der Waals surface area contributed by atoms with Gasteiger partial charge < -0.3 is 5.73 Å². The zero-order valence-electron chi connectivity index (χ0n) is 11.0. The Morgan fingerprint density at radius 2 is 1.85 bits per heavy atom. The first kappa shape index (κ1) is 15.8. The van der Waals surface area contributed by atoms with Gasteiger partial charge >= 0.3 is 0 Å². The Bertz CT molecular complexity index is 586. The fourth-order valence-electron chi connectivity index (χ4n) is 2.23. The lowest BCUT2D eigenvalue weighted by Gasteiger charge is -2.16. The second kappa shape index (κ2) is 7.46. The number of benzene rings is 2. The van der Waals surface area contributed by atoms with Gasteiger partial charge in [0.25, 0.3) is 0 Å². The third kappa shape index (κ3) is 4.49. The second-order valence-corrected chi connectivity index (χ2v) is 6.63. The molecule has 106 valence electrons. The average Bonchev–Trinajstić information content (AvgIpc) is 2.41. The summed E-state index contributed by atoms with van der Waals surface area (Å²) in [6, 6.07) is 13.9. The summed E-state index contributed by atoms with van der Waals surface area (Å²) in [4.78, 5) is 0. The molecule has 1 atom stereocenters. The van der Waals surface area contributed by atoms with Crippen molar-refractivity contribution < 1.29 is 0 Å². The molecular formula is C16H16BrCl2N. The van der Waals surface area contributed by atoms with Gasteiger partial charge in [0.05, 0.1) is 0 Å². The van der Waals surface area contributed by atoms with Gasteiger partial charge in [-0.25, -0.2) is 0 Å². The van der Waals surface area contributed by atoms with Crippen molar-refractivity contribution in [1.29, 1.82) is 0 Å². The molecule has 0 aliphatic rings. The van der Waals surface area contributed by atoms with Crippen molar-refractivity contribution >= 4 is 39.1 Å². The second-order valence-electron chi connectivity index (χ2n) is 4.88. The molecular weight excluding hydrogens is 357 g/mol. The van der Waals surface area contributed by atoms with Crippen molar-refractivity contribution in [3.05, 3.63) is 68.1 Å². The van der Waals surface area contributed by atoms with Gasteiger partial charge in [-0.2, -0.15) is 0 Å². The Hall–Kier alpha value is -0.540. The van der Waals surface area contributed by atoms with E-state index in [0.717, 1.165) is 32.9 Å². The molecule has 0 amide bonds. The SMILES string of the molecule is NCC(Cc1cccc(Cl)c1)Cc1ccc(Br)cc1Cl. The number of halogens is 3. The minimum atomic E-state index is 0.354. The van der Waals surface area contributed by atoms with Crippen LogP contribution in [0.2, 0.25) is 10.0 Å². The molecule has 4 heteroatoms. The van der Waals surface area contributed by atoms with Gasteiger partial charge in [0.2, 0.25) is 0 Å². The highest BCUT2D eigenvalue weighted by atomic mass is 79.9. The van der Waals surface area contributed by atoms with Crippen LogP contribution in [0, 0.1) is 5.92 Å². The highest BCUT2D eigenvalue weighted by Crippen LogP contribution is 2.25. The Labute approximate surface area is 138 Å². The quantitative estimate of drug-likeness (QED) is 0.774.